The molecule has 6 heteroatoms. The summed E-state index contributed by atoms with van der Waals surface area (Å²) in [6.45, 7) is 2.80. The van der Waals surface area contributed by atoms with Crippen molar-refractivity contribution in [2.75, 3.05) is 0 Å². The van der Waals surface area contributed by atoms with E-state index >= 15 is 0 Å². The average Bonchev–Trinajstić information content (AvgIpc) is 3.19. The molecule has 2 heterocycles. The summed E-state index contributed by atoms with van der Waals surface area (Å²) >= 11 is 0. The van der Waals surface area contributed by atoms with Crippen molar-refractivity contribution in [2.24, 2.45) is 0 Å². The number of aryl methyl sites for hydroxylation is 1. The monoisotopic (exact) mass is 426 g/mol. The number of benzene rings is 2. The number of aromatic nitrogens is 4. The van der Waals surface area contributed by atoms with E-state index in [1.807, 2.05) is 47.1 Å². The maximum atomic E-state index is 11.5. The van der Waals surface area contributed by atoms with E-state index in [1.165, 1.54) is 17.8 Å². The molecule has 0 atom stereocenters. The molecule has 0 bridgehead atoms. The normalized spacial score (nSPS) is 10.9. The van der Waals surface area contributed by atoms with Crippen molar-refractivity contribution in [3.8, 4) is 11.1 Å². The highest BCUT2D eigenvalue weighted by molar-refractivity contribution is 5.95. The lowest BCUT2D eigenvalue weighted by Crippen LogP contribution is -2.07. The van der Waals surface area contributed by atoms with Gasteiger partial charge in [0.05, 0.1) is 12.1 Å². The lowest BCUT2D eigenvalue weighted by atomic mass is 10.0. The van der Waals surface area contributed by atoms with Gasteiger partial charge in [-0.15, -0.1) is 0 Å². The minimum atomic E-state index is -0.958. The van der Waals surface area contributed by atoms with Crippen LogP contribution < -0.4 is 0 Å². The van der Waals surface area contributed by atoms with E-state index in [9.17, 15) is 9.90 Å². The lowest BCUT2D eigenvalue weighted by Gasteiger charge is -2.09. The van der Waals surface area contributed by atoms with E-state index in [-0.39, 0.29) is 5.56 Å². The first-order chi connectivity index (χ1) is 15.6. The van der Waals surface area contributed by atoms with E-state index in [0.29, 0.717) is 18.5 Å². The fraction of sp³-hybridized carbons (Fsp3) is 0.231. The van der Waals surface area contributed by atoms with Gasteiger partial charge in [0.15, 0.2) is 5.82 Å². The van der Waals surface area contributed by atoms with Crippen molar-refractivity contribution >= 4 is 5.97 Å². The summed E-state index contributed by atoms with van der Waals surface area (Å²) in [5, 5.41) is 14.2. The molecule has 0 spiro atoms. The van der Waals surface area contributed by atoms with Gasteiger partial charge in [-0.1, -0.05) is 67.9 Å². The van der Waals surface area contributed by atoms with Crippen molar-refractivity contribution < 1.29 is 9.90 Å². The van der Waals surface area contributed by atoms with Crippen LogP contribution in [-0.2, 0) is 19.4 Å². The van der Waals surface area contributed by atoms with E-state index < -0.39 is 5.97 Å². The Morgan fingerprint density at radius 2 is 1.78 bits per heavy atom. The summed E-state index contributed by atoms with van der Waals surface area (Å²) in [5.41, 5.74) is 3.97. The number of unbranched alkanes of at least 4 members (excludes halogenated alkanes) is 1. The molecule has 4 aromatic rings. The maximum absolute atomic E-state index is 11.5. The zero-order valence-electron chi connectivity index (χ0n) is 18.1. The molecule has 0 radical (unpaired) electrons. The fourth-order valence-electron chi connectivity index (χ4n) is 3.70. The second-order valence-corrected chi connectivity index (χ2v) is 7.79. The Balaban J connectivity index is 1.56. The molecule has 2 aromatic heterocycles. The third kappa shape index (κ3) is 5.09. The van der Waals surface area contributed by atoms with E-state index in [4.69, 9.17) is 10.1 Å². The van der Waals surface area contributed by atoms with Gasteiger partial charge < -0.3 is 5.11 Å². The molecular formula is C26H26N4O2. The van der Waals surface area contributed by atoms with Crippen LogP contribution in [0.5, 0.6) is 0 Å². The van der Waals surface area contributed by atoms with Gasteiger partial charge in [0.2, 0.25) is 0 Å². The largest absolute Gasteiger partial charge is 0.478 e. The van der Waals surface area contributed by atoms with Crippen LogP contribution in [0.1, 0.15) is 52.9 Å². The summed E-state index contributed by atoms with van der Waals surface area (Å²) in [4.78, 5) is 20.4. The number of nitrogens with zero attached hydrogens (tertiary/aromatic N) is 4. The fourth-order valence-corrected chi connectivity index (χ4v) is 3.70. The molecule has 0 aliphatic carbocycles. The quantitative estimate of drug-likeness (QED) is 0.406. The first-order valence-electron chi connectivity index (χ1n) is 10.9. The Morgan fingerprint density at radius 1 is 1.00 bits per heavy atom. The molecule has 0 saturated heterocycles. The second-order valence-electron chi connectivity index (χ2n) is 7.79. The zero-order chi connectivity index (χ0) is 22.3. The molecule has 2 aromatic carbocycles. The lowest BCUT2D eigenvalue weighted by molar-refractivity contribution is 0.0697. The number of carbonyl (C=O) groups is 1. The standard InChI is InChI=1S/C26H26N4O2/c1-2-3-9-25-28-24(16-19-7-5-4-6-8-19)29-30(25)18-20-10-12-21(13-11-20)23-17-27-15-14-22(23)26(31)32/h4-8,10-15,17H,2-3,9,16,18H2,1H3,(H,31,32). The maximum Gasteiger partial charge on any atom is 0.336 e. The summed E-state index contributed by atoms with van der Waals surface area (Å²) in [5.74, 6) is 0.878. The van der Waals surface area contributed by atoms with Gasteiger partial charge in [-0.05, 0) is 29.2 Å². The molecule has 32 heavy (non-hydrogen) atoms. The molecule has 0 aliphatic rings. The molecule has 162 valence electrons. The summed E-state index contributed by atoms with van der Waals surface area (Å²) in [7, 11) is 0. The van der Waals surface area contributed by atoms with Gasteiger partial charge in [-0.3, -0.25) is 4.98 Å². The molecule has 0 fully saturated rings. The highest BCUT2D eigenvalue weighted by Gasteiger charge is 2.13. The van der Waals surface area contributed by atoms with Crippen LogP contribution in [0.3, 0.4) is 0 Å². The number of carboxylic acids is 1. The number of aromatic carboxylic acids is 1. The van der Waals surface area contributed by atoms with Gasteiger partial charge in [-0.25, -0.2) is 14.5 Å². The van der Waals surface area contributed by atoms with E-state index in [0.717, 1.165) is 42.0 Å². The average molecular weight is 427 g/mol. The third-order valence-electron chi connectivity index (χ3n) is 5.40. The van der Waals surface area contributed by atoms with Crippen LogP contribution >= 0.6 is 0 Å². The van der Waals surface area contributed by atoms with Crippen LogP contribution in [0.4, 0.5) is 0 Å². The predicted molar refractivity (Wildman–Crippen MR) is 124 cm³/mol. The van der Waals surface area contributed by atoms with Gasteiger partial charge in [0, 0.05) is 30.8 Å². The molecule has 0 saturated carbocycles. The Labute approximate surface area is 187 Å². The van der Waals surface area contributed by atoms with Crippen molar-refractivity contribution in [2.45, 2.75) is 39.2 Å². The summed E-state index contributed by atoms with van der Waals surface area (Å²) in [6, 6.07) is 19.7. The van der Waals surface area contributed by atoms with E-state index in [2.05, 4.69) is 24.0 Å². The minimum Gasteiger partial charge on any atom is -0.478 e. The molecule has 0 amide bonds. The summed E-state index contributed by atoms with van der Waals surface area (Å²) in [6.07, 6.45) is 6.87. The van der Waals surface area contributed by atoms with Crippen molar-refractivity contribution in [3.05, 3.63) is 101 Å². The van der Waals surface area contributed by atoms with Crippen LogP contribution in [0, 0.1) is 0 Å². The second kappa shape index (κ2) is 10.0. The molecule has 0 aliphatic heterocycles. The Bertz CT molecular complexity index is 1180. The van der Waals surface area contributed by atoms with Crippen molar-refractivity contribution in [3.63, 3.8) is 0 Å². The molecular weight excluding hydrogens is 400 g/mol. The van der Waals surface area contributed by atoms with Gasteiger partial charge in [0.25, 0.3) is 0 Å². The molecule has 6 nitrogen and oxygen atoms in total. The smallest absolute Gasteiger partial charge is 0.336 e. The minimum absolute atomic E-state index is 0.247. The van der Waals surface area contributed by atoms with E-state index in [1.54, 1.807) is 6.20 Å². The Hall–Kier alpha value is -3.80. The van der Waals surface area contributed by atoms with Crippen LogP contribution in [0.25, 0.3) is 11.1 Å². The third-order valence-corrected chi connectivity index (χ3v) is 5.40. The summed E-state index contributed by atoms with van der Waals surface area (Å²) < 4.78 is 2.00. The van der Waals surface area contributed by atoms with Gasteiger partial charge in [0.1, 0.15) is 5.82 Å². The first kappa shape index (κ1) is 21.4. The van der Waals surface area contributed by atoms with Crippen LogP contribution in [-0.4, -0.2) is 30.8 Å². The number of hydrogen-bond donors (Lipinski definition) is 1. The van der Waals surface area contributed by atoms with Crippen LogP contribution in [0.15, 0.2) is 73.1 Å². The highest BCUT2D eigenvalue weighted by atomic mass is 16.4. The SMILES string of the molecule is CCCCc1nc(Cc2ccccc2)nn1Cc1ccc(-c2cnccc2C(=O)O)cc1. The van der Waals surface area contributed by atoms with Crippen molar-refractivity contribution in [1.29, 1.82) is 0 Å². The number of carboxylic acid groups (broad SMARTS) is 1. The van der Waals surface area contributed by atoms with Gasteiger partial charge >= 0.3 is 5.97 Å². The number of pyridine rings is 1. The number of hydrogen-bond acceptors (Lipinski definition) is 4. The topological polar surface area (TPSA) is 80.9 Å². The molecule has 4 rings (SSSR count). The number of rotatable bonds is 9. The Morgan fingerprint density at radius 3 is 2.50 bits per heavy atom. The predicted octanol–water partition coefficient (Wildman–Crippen LogP) is 5.02. The molecule has 1 N–H and O–H groups in total. The van der Waals surface area contributed by atoms with Crippen LogP contribution in [0.2, 0.25) is 0 Å². The highest BCUT2D eigenvalue weighted by Crippen LogP contribution is 2.23. The van der Waals surface area contributed by atoms with Gasteiger partial charge in [-0.2, -0.15) is 5.10 Å². The van der Waals surface area contributed by atoms with Crippen molar-refractivity contribution in [1.82, 2.24) is 19.7 Å². The Kier molecular flexibility index (Phi) is 6.70. The molecule has 0 unspecified atom stereocenters. The zero-order valence-corrected chi connectivity index (χ0v) is 18.1. The first-order valence-corrected chi connectivity index (χ1v) is 10.9.